The molecule has 0 saturated carbocycles. The van der Waals surface area contributed by atoms with Crippen molar-refractivity contribution in [2.75, 3.05) is 22.7 Å². The van der Waals surface area contributed by atoms with Gasteiger partial charge in [-0.15, -0.1) is 11.3 Å². The predicted molar refractivity (Wildman–Crippen MR) is 96.5 cm³/mol. The highest BCUT2D eigenvalue weighted by atomic mass is 32.2. The zero-order valence-corrected chi connectivity index (χ0v) is 15.6. The van der Waals surface area contributed by atoms with E-state index in [0.29, 0.717) is 25.2 Å². The Morgan fingerprint density at radius 2 is 2.15 bits per heavy atom. The van der Waals surface area contributed by atoms with E-state index in [1.807, 2.05) is 0 Å². The highest BCUT2D eigenvalue weighted by Gasteiger charge is 2.35. The fraction of sp³-hybridized carbons (Fsp3) is 0.312. The summed E-state index contributed by atoms with van der Waals surface area (Å²) in [5.74, 6) is -0.223. The molecule has 2 amide bonds. The number of carbonyl (C=O) groups is 2. The van der Waals surface area contributed by atoms with E-state index < -0.39 is 15.9 Å². The number of nitrogens with zero attached hydrogens (tertiary/aromatic N) is 3. The minimum absolute atomic E-state index is 0.0305. The Bertz CT molecular complexity index is 1020. The van der Waals surface area contributed by atoms with Crippen LogP contribution in [0.5, 0.6) is 0 Å². The van der Waals surface area contributed by atoms with Crippen LogP contribution in [0.3, 0.4) is 0 Å². The van der Waals surface area contributed by atoms with E-state index in [-0.39, 0.29) is 22.5 Å². The largest absolute Gasteiger partial charge is 0.338 e. The van der Waals surface area contributed by atoms with Crippen molar-refractivity contribution in [3.63, 3.8) is 0 Å². The van der Waals surface area contributed by atoms with E-state index in [2.05, 4.69) is 10.3 Å². The van der Waals surface area contributed by atoms with Crippen molar-refractivity contribution in [3.05, 3.63) is 34.8 Å². The van der Waals surface area contributed by atoms with Crippen molar-refractivity contribution in [2.24, 2.45) is 0 Å². The lowest BCUT2D eigenvalue weighted by Crippen LogP contribution is -2.42. The molecular weight excluding hydrogens is 376 g/mol. The zero-order chi connectivity index (χ0) is 18.5. The van der Waals surface area contributed by atoms with E-state index in [9.17, 15) is 18.0 Å². The summed E-state index contributed by atoms with van der Waals surface area (Å²) < 4.78 is 27.5. The van der Waals surface area contributed by atoms with Crippen LogP contribution in [0.25, 0.3) is 0 Å². The lowest BCUT2D eigenvalue weighted by Gasteiger charge is -2.28. The Balaban J connectivity index is 1.73. The molecule has 26 heavy (non-hydrogen) atoms. The number of thiophene rings is 1. The Labute approximate surface area is 154 Å². The van der Waals surface area contributed by atoms with Gasteiger partial charge in [0.1, 0.15) is 10.8 Å². The number of nitrogens with one attached hydrogen (secondary N) is 1. The molecule has 0 aromatic carbocycles. The maximum atomic E-state index is 13.2. The van der Waals surface area contributed by atoms with Gasteiger partial charge in [0.05, 0.1) is 5.69 Å². The van der Waals surface area contributed by atoms with Crippen LogP contribution < -0.4 is 9.62 Å². The van der Waals surface area contributed by atoms with Crippen LogP contribution in [0, 0.1) is 0 Å². The summed E-state index contributed by atoms with van der Waals surface area (Å²) in [4.78, 5) is 30.3. The Kier molecular flexibility index (Phi) is 3.96. The van der Waals surface area contributed by atoms with Crippen molar-refractivity contribution in [1.29, 1.82) is 0 Å². The third kappa shape index (κ3) is 2.74. The van der Waals surface area contributed by atoms with Gasteiger partial charge in [-0.2, -0.15) is 0 Å². The highest BCUT2D eigenvalue weighted by molar-refractivity contribution is 7.94. The maximum Gasteiger partial charge on any atom is 0.275 e. The fourth-order valence-electron chi connectivity index (χ4n) is 3.10. The third-order valence-electron chi connectivity index (χ3n) is 4.42. The Morgan fingerprint density at radius 3 is 2.92 bits per heavy atom. The van der Waals surface area contributed by atoms with Crippen LogP contribution >= 0.6 is 11.3 Å². The van der Waals surface area contributed by atoms with Crippen LogP contribution in [0.15, 0.2) is 28.6 Å². The molecule has 0 fully saturated rings. The first-order valence-corrected chi connectivity index (χ1v) is 10.3. The molecule has 2 aromatic rings. The number of amides is 2. The number of aromatic nitrogens is 1. The average molecular weight is 392 g/mol. The van der Waals surface area contributed by atoms with Gasteiger partial charge in [0.15, 0.2) is 5.82 Å². The number of pyridine rings is 1. The molecule has 4 heterocycles. The second kappa shape index (κ2) is 6.06. The van der Waals surface area contributed by atoms with Crippen LogP contribution in [0.1, 0.15) is 17.4 Å². The number of hydrogen-bond acceptors (Lipinski definition) is 6. The average Bonchev–Trinajstić information content (AvgIpc) is 3.05. The van der Waals surface area contributed by atoms with Gasteiger partial charge in [0.2, 0.25) is 11.8 Å². The minimum atomic E-state index is -3.92. The molecule has 0 aliphatic carbocycles. The predicted octanol–water partition coefficient (Wildman–Crippen LogP) is 1.20. The molecule has 0 unspecified atom stereocenters. The molecule has 10 heteroatoms. The van der Waals surface area contributed by atoms with E-state index in [0.717, 1.165) is 14.7 Å². The number of fused-ring (bicyclic) bond motifs is 2. The lowest BCUT2D eigenvalue weighted by atomic mass is 10.1. The van der Waals surface area contributed by atoms with Crippen LogP contribution in [0.4, 0.5) is 11.5 Å². The normalized spacial score (nSPS) is 16.7. The van der Waals surface area contributed by atoms with Crippen molar-refractivity contribution in [2.45, 2.75) is 24.1 Å². The monoisotopic (exact) mass is 392 g/mol. The van der Waals surface area contributed by atoms with Gasteiger partial charge >= 0.3 is 0 Å². The molecule has 0 atom stereocenters. The van der Waals surface area contributed by atoms with Gasteiger partial charge in [-0.1, -0.05) is 0 Å². The summed E-state index contributed by atoms with van der Waals surface area (Å²) in [7, 11) is -3.92. The summed E-state index contributed by atoms with van der Waals surface area (Å²) in [5, 5.41) is 2.63. The van der Waals surface area contributed by atoms with Gasteiger partial charge in [0, 0.05) is 31.1 Å². The first-order valence-electron chi connectivity index (χ1n) is 8.01. The summed E-state index contributed by atoms with van der Waals surface area (Å²) in [6, 6.07) is 4.86. The Hall–Kier alpha value is -2.46. The van der Waals surface area contributed by atoms with Crippen molar-refractivity contribution in [1.82, 2.24) is 9.88 Å². The second-order valence-corrected chi connectivity index (χ2v) is 9.36. The Morgan fingerprint density at radius 1 is 1.35 bits per heavy atom. The summed E-state index contributed by atoms with van der Waals surface area (Å²) in [5.41, 5.74) is 1.22. The van der Waals surface area contributed by atoms with E-state index >= 15 is 0 Å². The molecule has 2 aliphatic rings. The number of hydrogen-bond donors (Lipinski definition) is 1. The SMILES string of the molecule is CC(=O)N1CCc2sc(S(=O)(=O)N3CC(=O)Nc4cccnc43)cc2C1. The standard InChI is InChI=1S/C16H16N4O4S2/c1-10(21)19-6-4-13-11(8-19)7-15(25-13)26(23,24)20-9-14(22)18-12-3-2-5-17-16(12)20/h2-3,5,7H,4,6,8-9H2,1H3,(H,18,22). The third-order valence-corrected chi connectivity index (χ3v) is 7.84. The number of rotatable bonds is 2. The first-order chi connectivity index (χ1) is 12.4. The van der Waals surface area contributed by atoms with E-state index in [1.54, 1.807) is 23.1 Å². The van der Waals surface area contributed by atoms with E-state index in [4.69, 9.17) is 0 Å². The molecule has 136 valence electrons. The summed E-state index contributed by atoms with van der Waals surface area (Å²) >= 11 is 1.20. The molecule has 8 nitrogen and oxygen atoms in total. The van der Waals surface area contributed by atoms with Crippen LogP contribution in [-0.2, 0) is 32.6 Å². The van der Waals surface area contributed by atoms with Crippen LogP contribution in [0.2, 0.25) is 0 Å². The number of anilines is 2. The highest BCUT2D eigenvalue weighted by Crippen LogP contribution is 2.36. The molecule has 2 aliphatic heterocycles. The molecule has 2 aromatic heterocycles. The second-order valence-electron chi connectivity index (χ2n) is 6.14. The van der Waals surface area contributed by atoms with E-state index in [1.165, 1.54) is 24.5 Å². The molecule has 1 N–H and O–H groups in total. The molecule has 0 bridgehead atoms. The van der Waals surface area contributed by atoms with Gasteiger partial charge in [0.25, 0.3) is 10.0 Å². The molecule has 0 radical (unpaired) electrons. The number of sulfonamides is 1. The molecule has 4 rings (SSSR count). The van der Waals surface area contributed by atoms with Crippen LogP contribution in [-0.4, -0.2) is 43.2 Å². The lowest BCUT2D eigenvalue weighted by molar-refractivity contribution is -0.129. The topological polar surface area (TPSA) is 99.7 Å². The number of carbonyl (C=O) groups excluding carboxylic acids is 2. The summed E-state index contributed by atoms with van der Waals surface area (Å²) in [6.45, 7) is 2.18. The zero-order valence-electron chi connectivity index (χ0n) is 13.9. The quantitative estimate of drug-likeness (QED) is 0.828. The first kappa shape index (κ1) is 17.0. The van der Waals surface area contributed by atoms with Crippen molar-refractivity contribution < 1.29 is 18.0 Å². The molecule has 0 saturated heterocycles. The molecule has 0 spiro atoms. The van der Waals surface area contributed by atoms with Gasteiger partial charge in [-0.3, -0.25) is 9.59 Å². The maximum absolute atomic E-state index is 13.2. The molecular formula is C16H16N4O4S2. The van der Waals surface area contributed by atoms with Gasteiger partial charge in [-0.25, -0.2) is 17.7 Å². The fourth-order valence-corrected chi connectivity index (χ4v) is 6.15. The van der Waals surface area contributed by atoms with Crippen molar-refractivity contribution >= 4 is 44.7 Å². The summed E-state index contributed by atoms with van der Waals surface area (Å²) in [6.07, 6.45) is 2.12. The minimum Gasteiger partial charge on any atom is -0.338 e. The smallest absolute Gasteiger partial charge is 0.275 e. The van der Waals surface area contributed by atoms with Gasteiger partial charge < -0.3 is 10.2 Å². The van der Waals surface area contributed by atoms with Gasteiger partial charge in [-0.05, 0) is 30.2 Å². The van der Waals surface area contributed by atoms with Crippen molar-refractivity contribution in [3.8, 4) is 0 Å².